The zero-order valence-electron chi connectivity index (χ0n) is 29.3. The van der Waals surface area contributed by atoms with Gasteiger partial charge >= 0.3 is 5.97 Å². The van der Waals surface area contributed by atoms with Crippen LogP contribution in [0.4, 0.5) is 13.2 Å². The van der Waals surface area contributed by atoms with Crippen LogP contribution in [0.2, 0.25) is 5.02 Å². The third kappa shape index (κ3) is 9.59. The van der Waals surface area contributed by atoms with E-state index in [1.165, 1.54) is 19.2 Å². The number of aliphatic carboxylic acids is 1. The SMILES string of the molecule is COc1cc(C(C)(C)c2cnc(SCc3c(F)cc(S(=O)(=O)N(C)[C@@H](CCC[N+](C)(C)C)C(=O)O)cc3F)n2-c2ccc(F)cc2)ccc1Cl.[Cl-]. The van der Waals surface area contributed by atoms with E-state index in [1.807, 2.05) is 41.1 Å². The Labute approximate surface area is 312 Å². The van der Waals surface area contributed by atoms with Crippen molar-refractivity contribution in [2.45, 2.75) is 54.0 Å². The number of benzene rings is 3. The second kappa shape index (κ2) is 16.6. The largest absolute Gasteiger partial charge is 1.00 e. The van der Waals surface area contributed by atoms with Gasteiger partial charge in [0.15, 0.2) is 5.16 Å². The molecular weight excluding hydrogens is 748 g/mol. The number of rotatable bonds is 15. The van der Waals surface area contributed by atoms with Gasteiger partial charge < -0.3 is 26.7 Å². The number of aromatic nitrogens is 2. The summed E-state index contributed by atoms with van der Waals surface area (Å²) in [5.74, 6) is -3.84. The van der Waals surface area contributed by atoms with Crippen molar-refractivity contribution >= 4 is 39.4 Å². The predicted molar refractivity (Wildman–Crippen MR) is 188 cm³/mol. The Hall–Kier alpha value is -3.27. The van der Waals surface area contributed by atoms with E-state index < -0.39 is 55.4 Å². The van der Waals surface area contributed by atoms with Gasteiger partial charge in [0.05, 0.1) is 56.6 Å². The molecule has 0 aliphatic heterocycles. The maximum atomic E-state index is 15.5. The summed E-state index contributed by atoms with van der Waals surface area (Å²) in [6, 6.07) is 11.0. The van der Waals surface area contributed by atoms with E-state index in [1.54, 1.807) is 35.0 Å². The first-order valence-corrected chi connectivity index (χ1v) is 18.4. The molecule has 0 aliphatic carbocycles. The molecule has 0 spiro atoms. The molecule has 16 heteroatoms. The van der Waals surface area contributed by atoms with Gasteiger partial charge in [-0.1, -0.05) is 43.3 Å². The molecule has 9 nitrogen and oxygen atoms in total. The van der Waals surface area contributed by atoms with E-state index >= 15 is 8.78 Å². The molecule has 1 heterocycles. The lowest BCUT2D eigenvalue weighted by molar-refractivity contribution is -0.870. The summed E-state index contributed by atoms with van der Waals surface area (Å²) in [6.07, 6.45) is 2.06. The fraction of sp³-hybridized carbons (Fsp3) is 0.371. The van der Waals surface area contributed by atoms with Crippen LogP contribution in [0.3, 0.4) is 0 Å². The van der Waals surface area contributed by atoms with Crippen molar-refractivity contribution in [1.82, 2.24) is 13.9 Å². The van der Waals surface area contributed by atoms with Gasteiger partial charge in [-0.2, -0.15) is 4.31 Å². The molecule has 278 valence electrons. The molecule has 0 saturated carbocycles. The van der Waals surface area contributed by atoms with Gasteiger partial charge in [-0.05, 0) is 66.9 Å². The summed E-state index contributed by atoms with van der Waals surface area (Å²) in [5, 5.41) is 10.6. The van der Waals surface area contributed by atoms with Gasteiger partial charge in [-0.15, -0.1) is 0 Å². The van der Waals surface area contributed by atoms with E-state index in [4.69, 9.17) is 16.3 Å². The lowest BCUT2D eigenvalue weighted by atomic mass is 9.81. The number of thioether (sulfide) groups is 1. The maximum absolute atomic E-state index is 15.5. The number of carbonyl (C=O) groups is 1. The normalized spacial score (nSPS) is 12.9. The monoisotopic (exact) mass is 788 g/mol. The number of ether oxygens (including phenoxy) is 1. The number of likely N-dealkylation sites (N-methyl/N-ethyl adjacent to an activating group) is 1. The van der Waals surface area contributed by atoms with E-state index in [9.17, 15) is 22.7 Å². The standard InChI is InChI=1S/C35H40ClF3N4O5S2.ClH/c1-35(2,22-10-15-27(36)31(17-22)48-7)32-20-40-34(42(32)24-13-11-23(37)12-14-24)49-21-26-28(38)18-25(19-29(26)39)50(46,47)41(3)30(33(44)45)9-8-16-43(4,5)6;/h10-15,17-20,30H,8-9,16,21H2,1-7H3;1H/t30-;/m0./s1. The number of quaternary nitrogens is 1. The zero-order valence-corrected chi connectivity index (χ0v) is 32.4. The highest BCUT2D eigenvalue weighted by atomic mass is 35.5. The van der Waals surface area contributed by atoms with Crippen LogP contribution in [0.1, 0.15) is 43.5 Å². The highest BCUT2D eigenvalue weighted by molar-refractivity contribution is 7.98. The quantitative estimate of drug-likeness (QED) is 0.143. The van der Waals surface area contributed by atoms with Crippen LogP contribution in [-0.2, 0) is 26.0 Å². The third-order valence-electron chi connectivity index (χ3n) is 8.50. The second-order valence-corrected chi connectivity index (χ2v) is 16.7. The summed E-state index contributed by atoms with van der Waals surface area (Å²) in [5.41, 5.74) is 0.948. The second-order valence-electron chi connectivity index (χ2n) is 13.4. The van der Waals surface area contributed by atoms with Gasteiger partial charge in [0, 0.05) is 29.5 Å². The van der Waals surface area contributed by atoms with Crippen molar-refractivity contribution in [1.29, 1.82) is 0 Å². The Kier molecular flexibility index (Phi) is 13.7. The fourth-order valence-electron chi connectivity index (χ4n) is 5.47. The summed E-state index contributed by atoms with van der Waals surface area (Å²) in [4.78, 5) is 15.9. The van der Waals surface area contributed by atoms with Gasteiger partial charge in [0.25, 0.3) is 0 Å². The smallest absolute Gasteiger partial charge is 0.322 e. The Morgan fingerprint density at radius 2 is 1.69 bits per heavy atom. The Bertz CT molecular complexity index is 1950. The van der Waals surface area contributed by atoms with Gasteiger partial charge in [0.1, 0.15) is 29.2 Å². The summed E-state index contributed by atoms with van der Waals surface area (Å²) in [7, 11) is 3.81. The Morgan fingerprint density at radius 1 is 1.08 bits per heavy atom. The maximum Gasteiger partial charge on any atom is 0.322 e. The molecule has 1 N–H and O–H groups in total. The minimum atomic E-state index is -4.58. The molecule has 4 aromatic rings. The number of hydrogen-bond acceptors (Lipinski definition) is 6. The van der Waals surface area contributed by atoms with Crippen molar-refractivity contribution < 1.29 is 53.1 Å². The zero-order chi connectivity index (χ0) is 37.2. The Morgan fingerprint density at radius 3 is 2.24 bits per heavy atom. The van der Waals surface area contributed by atoms with Crippen molar-refractivity contribution in [2.75, 3.05) is 41.8 Å². The van der Waals surface area contributed by atoms with Gasteiger partial charge in [-0.25, -0.2) is 26.6 Å². The van der Waals surface area contributed by atoms with Crippen LogP contribution in [0.25, 0.3) is 5.69 Å². The topological polar surface area (TPSA) is 102 Å². The molecule has 3 aromatic carbocycles. The van der Waals surface area contributed by atoms with Crippen LogP contribution in [0, 0.1) is 17.5 Å². The first-order valence-electron chi connectivity index (χ1n) is 15.6. The van der Waals surface area contributed by atoms with Gasteiger partial charge in [0.2, 0.25) is 10.0 Å². The molecule has 0 fully saturated rings. The summed E-state index contributed by atoms with van der Waals surface area (Å²) in [6.45, 7) is 4.51. The Balaban J connectivity index is 0.00000702. The number of sulfonamides is 1. The minimum Gasteiger partial charge on any atom is -1.00 e. The van der Waals surface area contributed by atoms with E-state index in [-0.39, 0.29) is 24.6 Å². The van der Waals surface area contributed by atoms with Crippen molar-refractivity contribution in [3.8, 4) is 11.4 Å². The van der Waals surface area contributed by atoms with Crippen molar-refractivity contribution in [3.05, 3.63) is 100 Å². The molecule has 51 heavy (non-hydrogen) atoms. The number of nitrogens with zero attached hydrogens (tertiary/aromatic N) is 4. The molecular formula is C35H41Cl2F3N4O5S2. The molecule has 0 bridgehead atoms. The van der Waals surface area contributed by atoms with E-state index in [0.29, 0.717) is 61.2 Å². The number of hydrogen-bond donors (Lipinski definition) is 1. The molecule has 0 radical (unpaired) electrons. The average molecular weight is 790 g/mol. The number of carboxylic acid groups (broad SMARTS) is 1. The molecule has 1 atom stereocenters. The van der Waals surface area contributed by atoms with E-state index in [0.717, 1.165) is 24.4 Å². The van der Waals surface area contributed by atoms with Crippen LogP contribution >= 0.6 is 23.4 Å². The molecule has 0 saturated heterocycles. The summed E-state index contributed by atoms with van der Waals surface area (Å²) < 4.78 is 80.2. The molecule has 0 amide bonds. The molecule has 4 rings (SSSR count). The number of methoxy groups -OCH3 is 1. The van der Waals surface area contributed by atoms with Crippen LogP contribution < -0.4 is 17.1 Å². The van der Waals surface area contributed by atoms with Crippen LogP contribution in [-0.4, -0.2) is 85.7 Å². The fourth-order valence-corrected chi connectivity index (χ4v) is 8.04. The molecule has 0 aliphatic rings. The van der Waals surface area contributed by atoms with Crippen molar-refractivity contribution in [2.24, 2.45) is 0 Å². The number of carboxylic acids is 1. The minimum absolute atomic E-state index is 0. The highest BCUT2D eigenvalue weighted by Gasteiger charge is 2.35. The molecule has 0 unspecified atom stereocenters. The average Bonchev–Trinajstić information content (AvgIpc) is 3.47. The van der Waals surface area contributed by atoms with Crippen LogP contribution in [0.15, 0.2) is 70.8 Å². The first kappa shape index (κ1) is 42.1. The van der Waals surface area contributed by atoms with Crippen molar-refractivity contribution in [3.63, 3.8) is 0 Å². The lowest BCUT2D eigenvalue weighted by Gasteiger charge is -2.28. The summed E-state index contributed by atoms with van der Waals surface area (Å²) >= 11 is 7.27. The number of halogens is 5. The third-order valence-corrected chi connectivity index (χ3v) is 11.6. The van der Waals surface area contributed by atoms with Crippen LogP contribution in [0.5, 0.6) is 5.75 Å². The lowest BCUT2D eigenvalue weighted by Crippen LogP contribution is -3.00. The number of imidazole rings is 1. The van der Waals surface area contributed by atoms with E-state index in [2.05, 4.69) is 4.98 Å². The first-order chi connectivity index (χ1) is 23.3. The van der Waals surface area contributed by atoms with Gasteiger partial charge in [-0.3, -0.25) is 9.36 Å². The highest BCUT2D eigenvalue weighted by Crippen LogP contribution is 2.39. The predicted octanol–water partition coefficient (Wildman–Crippen LogP) is 4.13. The molecule has 1 aromatic heterocycles.